The molecule has 0 spiro atoms. The molecule has 2 heteroatoms. The van der Waals surface area contributed by atoms with E-state index in [1.54, 1.807) is 0 Å². The third-order valence-corrected chi connectivity index (χ3v) is 2.44. The normalized spacial score (nSPS) is 32.1. The summed E-state index contributed by atoms with van der Waals surface area (Å²) >= 11 is 0. The number of hydrogen-bond acceptors (Lipinski definition) is 2. The lowest BCUT2D eigenvalue weighted by Gasteiger charge is -2.34. The van der Waals surface area contributed by atoms with E-state index in [1.807, 2.05) is 0 Å². The van der Waals surface area contributed by atoms with Crippen LogP contribution in [-0.2, 0) is 0 Å². The van der Waals surface area contributed by atoms with E-state index in [9.17, 15) is 0 Å². The molecule has 0 aromatic heterocycles. The maximum absolute atomic E-state index is 5.37. The first kappa shape index (κ1) is 8.02. The zero-order chi connectivity index (χ0) is 7.61. The predicted molar refractivity (Wildman–Crippen MR) is 43.4 cm³/mol. The van der Waals surface area contributed by atoms with Crippen LogP contribution in [0, 0.1) is 5.41 Å². The zero-order valence-electron chi connectivity index (χ0n) is 6.98. The van der Waals surface area contributed by atoms with E-state index in [-0.39, 0.29) is 0 Å². The lowest BCUT2D eigenvalue weighted by molar-refractivity contribution is 0.199. The van der Waals surface area contributed by atoms with Crippen LogP contribution in [0.3, 0.4) is 0 Å². The molecule has 1 rings (SSSR count). The van der Waals surface area contributed by atoms with Crippen LogP contribution in [0.2, 0.25) is 0 Å². The van der Waals surface area contributed by atoms with Gasteiger partial charge in [-0.3, -0.25) is 11.3 Å². The van der Waals surface area contributed by atoms with Crippen LogP contribution in [0.5, 0.6) is 0 Å². The van der Waals surface area contributed by atoms with E-state index in [1.165, 1.54) is 25.7 Å². The number of hydrogen-bond donors (Lipinski definition) is 2. The highest BCUT2D eigenvalue weighted by Gasteiger charge is 2.26. The fraction of sp³-hybridized carbons (Fsp3) is 1.00. The highest BCUT2D eigenvalue weighted by Crippen LogP contribution is 2.34. The van der Waals surface area contributed by atoms with Crippen molar-refractivity contribution in [1.29, 1.82) is 0 Å². The zero-order valence-corrected chi connectivity index (χ0v) is 6.98. The first-order valence-electron chi connectivity index (χ1n) is 4.10. The Morgan fingerprint density at radius 1 is 1.50 bits per heavy atom. The summed E-state index contributed by atoms with van der Waals surface area (Å²) in [6, 6.07) is 0.559. The van der Waals surface area contributed by atoms with Gasteiger partial charge in [-0.1, -0.05) is 20.3 Å². The Labute approximate surface area is 63.1 Å². The van der Waals surface area contributed by atoms with Gasteiger partial charge in [-0.2, -0.15) is 0 Å². The smallest absolute Gasteiger partial charge is 0.0215 e. The molecule has 1 aliphatic rings. The highest BCUT2D eigenvalue weighted by molar-refractivity contribution is 4.81. The fourth-order valence-corrected chi connectivity index (χ4v) is 1.84. The Bertz CT molecular complexity index is 110. The van der Waals surface area contributed by atoms with Crippen LogP contribution >= 0.6 is 0 Å². The Kier molecular flexibility index (Phi) is 2.32. The van der Waals surface area contributed by atoms with Crippen molar-refractivity contribution in [1.82, 2.24) is 5.43 Å². The van der Waals surface area contributed by atoms with Gasteiger partial charge in [-0.05, 0) is 24.7 Å². The molecule has 1 aliphatic carbocycles. The molecule has 0 aromatic carbocycles. The second-order valence-electron chi connectivity index (χ2n) is 4.12. The lowest BCUT2D eigenvalue weighted by atomic mass is 9.75. The molecule has 0 bridgehead atoms. The standard InChI is InChI=1S/C8H18N2/c1-8(2)5-3-4-7(6-8)10-9/h7,10H,3-6,9H2,1-2H3. The van der Waals surface area contributed by atoms with Crippen LogP contribution in [0.4, 0.5) is 0 Å². The maximum Gasteiger partial charge on any atom is 0.0215 e. The summed E-state index contributed by atoms with van der Waals surface area (Å²) in [6.45, 7) is 4.63. The number of nitrogens with one attached hydrogen (secondary N) is 1. The van der Waals surface area contributed by atoms with Crippen molar-refractivity contribution < 1.29 is 0 Å². The van der Waals surface area contributed by atoms with Gasteiger partial charge in [0.25, 0.3) is 0 Å². The van der Waals surface area contributed by atoms with Gasteiger partial charge in [-0.25, -0.2) is 0 Å². The highest BCUT2D eigenvalue weighted by atomic mass is 15.2. The first-order valence-corrected chi connectivity index (χ1v) is 4.10. The van der Waals surface area contributed by atoms with Crippen molar-refractivity contribution in [3.8, 4) is 0 Å². The number of hydrazine groups is 1. The van der Waals surface area contributed by atoms with Gasteiger partial charge in [0, 0.05) is 6.04 Å². The van der Waals surface area contributed by atoms with Gasteiger partial charge in [0.05, 0.1) is 0 Å². The minimum absolute atomic E-state index is 0.509. The van der Waals surface area contributed by atoms with Crippen molar-refractivity contribution >= 4 is 0 Å². The third-order valence-electron chi connectivity index (χ3n) is 2.44. The molecule has 0 saturated heterocycles. The van der Waals surface area contributed by atoms with Gasteiger partial charge >= 0.3 is 0 Å². The summed E-state index contributed by atoms with van der Waals surface area (Å²) in [5.41, 5.74) is 3.37. The van der Waals surface area contributed by atoms with Crippen molar-refractivity contribution in [2.24, 2.45) is 11.3 Å². The molecule has 1 saturated carbocycles. The Balaban J connectivity index is 2.40. The van der Waals surface area contributed by atoms with Crippen LogP contribution in [0.25, 0.3) is 0 Å². The Hall–Kier alpha value is -0.0800. The second-order valence-corrected chi connectivity index (χ2v) is 4.12. The summed E-state index contributed by atoms with van der Waals surface area (Å²) in [5.74, 6) is 5.37. The van der Waals surface area contributed by atoms with E-state index >= 15 is 0 Å². The Morgan fingerprint density at radius 3 is 2.60 bits per heavy atom. The molecule has 10 heavy (non-hydrogen) atoms. The largest absolute Gasteiger partial charge is 0.271 e. The molecule has 3 N–H and O–H groups in total. The molecular weight excluding hydrogens is 124 g/mol. The molecule has 0 radical (unpaired) electrons. The minimum atomic E-state index is 0.509. The summed E-state index contributed by atoms with van der Waals surface area (Å²) < 4.78 is 0. The average Bonchev–Trinajstić information content (AvgIpc) is 1.86. The van der Waals surface area contributed by atoms with Crippen molar-refractivity contribution in [2.75, 3.05) is 0 Å². The topological polar surface area (TPSA) is 38.0 Å². The summed E-state index contributed by atoms with van der Waals surface area (Å²) in [6.07, 6.45) is 5.15. The van der Waals surface area contributed by atoms with E-state index in [2.05, 4.69) is 19.3 Å². The predicted octanol–water partition coefficient (Wildman–Crippen LogP) is 1.42. The second kappa shape index (κ2) is 2.89. The Morgan fingerprint density at radius 2 is 2.20 bits per heavy atom. The molecular formula is C8H18N2. The van der Waals surface area contributed by atoms with Crippen LogP contribution < -0.4 is 11.3 Å². The van der Waals surface area contributed by atoms with Crippen LogP contribution in [0.1, 0.15) is 39.5 Å². The van der Waals surface area contributed by atoms with E-state index in [4.69, 9.17) is 5.84 Å². The molecule has 60 valence electrons. The van der Waals surface area contributed by atoms with Crippen molar-refractivity contribution in [3.05, 3.63) is 0 Å². The lowest BCUT2D eigenvalue weighted by Crippen LogP contribution is -2.41. The van der Waals surface area contributed by atoms with Gasteiger partial charge in [0.2, 0.25) is 0 Å². The number of nitrogens with two attached hydrogens (primary N) is 1. The first-order chi connectivity index (χ1) is 4.64. The van der Waals surface area contributed by atoms with Crippen molar-refractivity contribution in [2.45, 2.75) is 45.6 Å². The molecule has 1 atom stereocenters. The van der Waals surface area contributed by atoms with E-state index in [0.29, 0.717) is 11.5 Å². The molecule has 0 amide bonds. The van der Waals surface area contributed by atoms with Gasteiger partial charge < -0.3 is 0 Å². The maximum atomic E-state index is 5.37. The van der Waals surface area contributed by atoms with E-state index < -0.39 is 0 Å². The van der Waals surface area contributed by atoms with Crippen LogP contribution in [-0.4, -0.2) is 6.04 Å². The molecule has 0 aliphatic heterocycles. The monoisotopic (exact) mass is 142 g/mol. The molecule has 0 heterocycles. The summed E-state index contributed by atoms with van der Waals surface area (Å²) in [4.78, 5) is 0. The van der Waals surface area contributed by atoms with Gasteiger partial charge in [0.1, 0.15) is 0 Å². The number of rotatable bonds is 1. The molecule has 0 aromatic rings. The van der Waals surface area contributed by atoms with Gasteiger partial charge in [-0.15, -0.1) is 0 Å². The fourth-order valence-electron chi connectivity index (χ4n) is 1.84. The average molecular weight is 142 g/mol. The third kappa shape index (κ3) is 1.96. The van der Waals surface area contributed by atoms with Crippen LogP contribution in [0.15, 0.2) is 0 Å². The van der Waals surface area contributed by atoms with Crippen molar-refractivity contribution in [3.63, 3.8) is 0 Å². The van der Waals surface area contributed by atoms with E-state index in [0.717, 1.165) is 0 Å². The molecule has 1 unspecified atom stereocenters. The molecule has 1 fully saturated rings. The summed E-state index contributed by atoms with van der Waals surface area (Å²) in [5, 5.41) is 0. The quantitative estimate of drug-likeness (QED) is 0.429. The minimum Gasteiger partial charge on any atom is -0.271 e. The SMILES string of the molecule is CC1(C)CCCC(NN)C1. The summed E-state index contributed by atoms with van der Waals surface area (Å²) in [7, 11) is 0. The van der Waals surface area contributed by atoms with Gasteiger partial charge in [0.15, 0.2) is 0 Å². The molecule has 2 nitrogen and oxygen atoms in total.